The zero-order valence-corrected chi connectivity index (χ0v) is 12.8. The van der Waals surface area contributed by atoms with Gasteiger partial charge in [0.15, 0.2) is 0 Å². The molecule has 1 aromatic rings. The lowest BCUT2D eigenvalue weighted by Gasteiger charge is -2.32. The molecule has 1 aliphatic carbocycles. The van der Waals surface area contributed by atoms with Gasteiger partial charge in [-0.25, -0.2) is 0 Å². The summed E-state index contributed by atoms with van der Waals surface area (Å²) < 4.78 is 0. The third-order valence-corrected chi connectivity index (χ3v) is 4.69. The monoisotopic (exact) mass is 289 g/mol. The second-order valence-electron chi connectivity index (χ2n) is 6.46. The smallest absolute Gasteiger partial charge is 0.261 e. The van der Waals surface area contributed by atoms with E-state index >= 15 is 0 Å². The van der Waals surface area contributed by atoms with Crippen molar-refractivity contribution in [3.8, 4) is 0 Å². The number of aromatic amines is 1. The third-order valence-electron chi connectivity index (χ3n) is 4.69. The van der Waals surface area contributed by atoms with Gasteiger partial charge in [0.2, 0.25) is 0 Å². The number of nitrogens with zero attached hydrogens (tertiary/aromatic N) is 2. The van der Waals surface area contributed by atoms with Crippen molar-refractivity contribution >= 4 is 5.91 Å². The normalized spacial score (nSPS) is 23.0. The SMILES string of the molecule is CC1CCc2[nH]c(=O)c(C(=O)N3CCN(C)CC3)cc2C1. The summed E-state index contributed by atoms with van der Waals surface area (Å²) in [5.41, 5.74) is 2.25. The molecular weight excluding hydrogens is 266 g/mol. The number of nitrogens with one attached hydrogen (secondary N) is 1. The van der Waals surface area contributed by atoms with Crippen LogP contribution in [0.15, 0.2) is 10.9 Å². The van der Waals surface area contributed by atoms with Crippen molar-refractivity contribution < 1.29 is 4.79 Å². The fraction of sp³-hybridized carbons (Fsp3) is 0.625. The predicted octanol–water partition coefficient (Wildman–Crippen LogP) is 0.887. The molecule has 5 nitrogen and oxygen atoms in total. The number of aromatic nitrogens is 1. The molecule has 1 aliphatic heterocycles. The fourth-order valence-corrected chi connectivity index (χ4v) is 3.22. The van der Waals surface area contributed by atoms with E-state index in [2.05, 4.69) is 23.9 Å². The van der Waals surface area contributed by atoms with Gasteiger partial charge in [-0.2, -0.15) is 0 Å². The summed E-state index contributed by atoms with van der Waals surface area (Å²) in [6.07, 6.45) is 2.97. The van der Waals surface area contributed by atoms with Gasteiger partial charge >= 0.3 is 0 Å². The first-order chi connectivity index (χ1) is 10.0. The Labute approximate surface area is 124 Å². The molecule has 5 heteroatoms. The van der Waals surface area contributed by atoms with Crippen LogP contribution in [0.2, 0.25) is 0 Å². The Kier molecular flexibility index (Phi) is 3.85. The number of hydrogen-bond acceptors (Lipinski definition) is 3. The van der Waals surface area contributed by atoms with Crippen molar-refractivity contribution in [1.29, 1.82) is 0 Å². The van der Waals surface area contributed by atoms with Crippen LogP contribution in [-0.4, -0.2) is 53.9 Å². The Hall–Kier alpha value is -1.62. The minimum Gasteiger partial charge on any atom is -0.336 e. The van der Waals surface area contributed by atoms with E-state index in [0.717, 1.165) is 43.6 Å². The molecule has 1 unspecified atom stereocenters. The van der Waals surface area contributed by atoms with Crippen LogP contribution in [0.1, 0.15) is 35.0 Å². The zero-order chi connectivity index (χ0) is 15.0. The number of rotatable bonds is 1. The summed E-state index contributed by atoms with van der Waals surface area (Å²) in [4.78, 5) is 31.7. The number of amides is 1. The summed E-state index contributed by atoms with van der Waals surface area (Å²) in [5.74, 6) is 0.500. The van der Waals surface area contributed by atoms with Crippen LogP contribution in [-0.2, 0) is 12.8 Å². The molecule has 3 rings (SSSR count). The first-order valence-electron chi connectivity index (χ1n) is 7.77. The van der Waals surface area contributed by atoms with Crippen LogP contribution in [0.4, 0.5) is 0 Å². The largest absolute Gasteiger partial charge is 0.336 e. The van der Waals surface area contributed by atoms with Gasteiger partial charge in [-0.15, -0.1) is 0 Å². The number of carbonyl (C=O) groups excluding carboxylic acids is 1. The average molecular weight is 289 g/mol. The van der Waals surface area contributed by atoms with Crippen molar-refractivity contribution in [2.45, 2.75) is 26.2 Å². The van der Waals surface area contributed by atoms with Gasteiger partial charge in [0.05, 0.1) is 0 Å². The number of pyridine rings is 1. The van der Waals surface area contributed by atoms with E-state index < -0.39 is 0 Å². The maximum atomic E-state index is 12.6. The molecule has 2 heterocycles. The zero-order valence-electron chi connectivity index (χ0n) is 12.8. The first-order valence-corrected chi connectivity index (χ1v) is 7.77. The van der Waals surface area contributed by atoms with E-state index in [1.54, 1.807) is 4.90 Å². The Balaban J connectivity index is 1.86. The molecule has 2 aliphatic rings. The molecule has 1 fully saturated rings. The summed E-state index contributed by atoms with van der Waals surface area (Å²) in [6.45, 7) is 5.35. The van der Waals surface area contributed by atoms with Crippen LogP contribution >= 0.6 is 0 Å². The third kappa shape index (κ3) is 2.88. The van der Waals surface area contributed by atoms with Gasteiger partial charge in [-0.1, -0.05) is 6.92 Å². The van der Waals surface area contributed by atoms with Crippen LogP contribution in [0.3, 0.4) is 0 Å². The highest BCUT2D eigenvalue weighted by Crippen LogP contribution is 2.23. The van der Waals surface area contributed by atoms with E-state index in [9.17, 15) is 9.59 Å². The van der Waals surface area contributed by atoms with Crippen LogP contribution in [0.5, 0.6) is 0 Å². The van der Waals surface area contributed by atoms with E-state index in [-0.39, 0.29) is 11.5 Å². The van der Waals surface area contributed by atoms with E-state index in [0.29, 0.717) is 24.6 Å². The molecule has 1 atom stereocenters. The molecule has 0 spiro atoms. The van der Waals surface area contributed by atoms with Gasteiger partial charge in [0, 0.05) is 31.9 Å². The fourth-order valence-electron chi connectivity index (χ4n) is 3.22. The topological polar surface area (TPSA) is 56.4 Å². The minimum atomic E-state index is -0.229. The van der Waals surface area contributed by atoms with Crippen LogP contribution in [0, 0.1) is 5.92 Å². The molecule has 0 bridgehead atoms. The highest BCUT2D eigenvalue weighted by molar-refractivity contribution is 5.94. The summed E-state index contributed by atoms with van der Waals surface area (Å²) >= 11 is 0. The highest BCUT2D eigenvalue weighted by Gasteiger charge is 2.25. The summed E-state index contributed by atoms with van der Waals surface area (Å²) in [7, 11) is 2.05. The maximum Gasteiger partial charge on any atom is 0.261 e. The second-order valence-corrected chi connectivity index (χ2v) is 6.46. The Morgan fingerprint density at radius 2 is 2.00 bits per heavy atom. The van der Waals surface area contributed by atoms with Crippen molar-refractivity contribution in [2.24, 2.45) is 5.92 Å². The average Bonchev–Trinajstić information content (AvgIpc) is 2.47. The molecule has 0 saturated carbocycles. The number of aryl methyl sites for hydroxylation is 1. The molecule has 0 aromatic carbocycles. The number of piperazine rings is 1. The Bertz CT molecular complexity index is 600. The molecule has 1 aromatic heterocycles. The molecule has 0 radical (unpaired) electrons. The van der Waals surface area contributed by atoms with Crippen molar-refractivity contribution in [3.05, 3.63) is 33.2 Å². The number of H-pyrrole nitrogens is 1. The molecule has 1 N–H and O–H groups in total. The molecular formula is C16H23N3O2. The summed E-state index contributed by atoms with van der Waals surface area (Å²) in [6, 6.07) is 1.84. The lowest BCUT2D eigenvalue weighted by atomic mass is 9.87. The van der Waals surface area contributed by atoms with Gasteiger partial charge in [-0.3, -0.25) is 9.59 Å². The van der Waals surface area contributed by atoms with Gasteiger partial charge in [0.1, 0.15) is 5.56 Å². The number of fused-ring (bicyclic) bond motifs is 1. The Morgan fingerprint density at radius 3 is 2.71 bits per heavy atom. The van der Waals surface area contributed by atoms with Crippen LogP contribution in [0.25, 0.3) is 0 Å². The van der Waals surface area contributed by atoms with Gasteiger partial charge in [0.25, 0.3) is 11.5 Å². The second kappa shape index (κ2) is 5.64. The number of carbonyl (C=O) groups is 1. The Morgan fingerprint density at radius 1 is 1.29 bits per heavy atom. The molecule has 114 valence electrons. The van der Waals surface area contributed by atoms with Crippen LogP contribution < -0.4 is 5.56 Å². The predicted molar refractivity (Wildman–Crippen MR) is 81.7 cm³/mol. The van der Waals surface area contributed by atoms with E-state index in [1.807, 2.05) is 6.07 Å². The van der Waals surface area contributed by atoms with Gasteiger partial charge < -0.3 is 14.8 Å². The van der Waals surface area contributed by atoms with Crippen molar-refractivity contribution in [2.75, 3.05) is 33.2 Å². The molecule has 1 amide bonds. The molecule has 1 saturated heterocycles. The van der Waals surface area contributed by atoms with Crippen molar-refractivity contribution in [3.63, 3.8) is 0 Å². The molecule has 21 heavy (non-hydrogen) atoms. The number of hydrogen-bond donors (Lipinski definition) is 1. The highest BCUT2D eigenvalue weighted by atomic mass is 16.2. The lowest BCUT2D eigenvalue weighted by molar-refractivity contribution is 0.0662. The van der Waals surface area contributed by atoms with E-state index in [4.69, 9.17) is 0 Å². The standard InChI is InChI=1S/C16H23N3O2/c1-11-3-4-14-12(9-11)10-13(15(20)17-14)16(21)19-7-5-18(2)6-8-19/h10-11H,3-9H2,1-2H3,(H,17,20). The van der Waals surface area contributed by atoms with Crippen molar-refractivity contribution in [1.82, 2.24) is 14.8 Å². The number of likely N-dealkylation sites (N-methyl/N-ethyl adjacent to an activating group) is 1. The maximum absolute atomic E-state index is 12.6. The minimum absolute atomic E-state index is 0.120. The van der Waals surface area contributed by atoms with E-state index in [1.165, 1.54) is 0 Å². The lowest BCUT2D eigenvalue weighted by Crippen LogP contribution is -2.48. The van der Waals surface area contributed by atoms with Gasteiger partial charge in [-0.05, 0) is 43.9 Å². The first kappa shape index (κ1) is 14.3. The summed E-state index contributed by atoms with van der Waals surface area (Å²) in [5, 5.41) is 0. The quantitative estimate of drug-likeness (QED) is 0.835.